The summed E-state index contributed by atoms with van der Waals surface area (Å²) in [6, 6.07) is 13.2. The van der Waals surface area contributed by atoms with E-state index < -0.39 is 4.92 Å². The number of non-ortho nitro benzene ring substituents is 1. The molecule has 0 unspecified atom stereocenters. The van der Waals surface area contributed by atoms with Gasteiger partial charge in [0.2, 0.25) is 11.8 Å². The first-order valence-electron chi connectivity index (χ1n) is 10.4. The summed E-state index contributed by atoms with van der Waals surface area (Å²) < 4.78 is 0. The van der Waals surface area contributed by atoms with Crippen molar-refractivity contribution in [2.24, 2.45) is 11.0 Å². The third-order valence-electron chi connectivity index (χ3n) is 5.41. The van der Waals surface area contributed by atoms with Gasteiger partial charge in [0.1, 0.15) is 0 Å². The molecule has 2 aromatic carbocycles. The van der Waals surface area contributed by atoms with Crippen LogP contribution in [0.5, 0.6) is 0 Å². The molecular weight excluding hydrogens is 396 g/mol. The van der Waals surface area contributed by atoms with Gasteiger partial charge in [0.25, 0.3) is 5.69 Å². The van der Waals surface area contributed by atoms with Gasteiger partial charge in [0.15, 0.2) is 0 Å². The fourth-order valence-corrected chi connectivity index (χ4v) is 3.58. The number of nitro benzene ring substituents is 1. The van der Waals surface area contributed by atoms with Crippen LogP contribution in [-0.2, 0) is 16.0 Å². The number of nitro groups is 1. The van der Waals surface area contributed by atoms with Gasteiger partial charge in [0.05, 0.1) is 17.1 Å². The first-order chi connectivity index (χ1) is 14.9. The van der Waals surface area contributed by atoms with Gasteiger partial charge in [-0.2, -0.15) is 5.10 Å². The maximum Gasteiger partial charge on any atom is 0.269 e. The van der Waals surface area contributed by atoms with E-state index in [-0.39, 0.29) is 29.8 Å². The van der Waals surface area contributed by atoms with Crippen LogP contribution in [0.15, 0.2) is 53.6 Å². The molecule has 3 rings (SSSR count). The molecule has 8 nitrogen and oxygen atoms in total. The Balaban J connectivity index is 1.51. The molecule has 0 radical (unpaired) electrons. The zero-order valence-electron chi connectivity index (χ0n) is 17.5. The van der Waals surface area contributed by atoms with Crippen LogP contribution in [0, 0.1) is 16.0 Å². The van der Waals surface area contributed by atoms with Gasteiger partial charge in [-0.15, -0.1) is 0 Å². The van der Waals surface area contributed by atoms with E-state index in [1.165, 1.54) is 18.6 Å². The maximum absolute atomic E-state index is 12.4. The average Bonchev–Trinajstić information content (AvgIpc) is 2.79. The predicted octanol–water partition coefficient (Wildman–Crippen LogP) is 4.20. The second-order valence-corrected chi connectivity index (χ2v) is 7.73. The van der Waals surface area contributed by atoms with E-state index in [0.29, 0.717) is 11.3 Å². The van der Waals surface area contributed by atoms with Crippen LogP contribution in [0.1, 0.15) is 50.2 Å². The smallest absolute Gasteiger partial charge is 0.269 e. The minimum absolute atomic E-state index is 0.0172. The van der Waals surface area contributed by atoms with Crippen LogP contribution in [0.2, 0.25) is 0 Å². The normalized spacial score (nSPS) is 14.7. The summed E-state index contributed by atoms with van der Waals surface area (Å²) in [6.07, 6.45) is 5.41. The van der Waals surface area contributed by atoms with E-state index in [1.807, 2.05) is 24.3 Å². The molecule has 0 aromatic heterocycles. The molecule has 1 aliphatic rings. The van der Waals surface area contributed by atoms with Gasteiger partial charge in [-0.05, 0) is 43.0 Å². The number of hydrogen-bond acceptors (Lipinski definition) is 5. The third-order valence-corrected chi connectivity index (χ3v) is 5.41. The molecule has 0 aliphatic heterocycles. The van der Waals surface area contributed by atoms with E-state index in [9.17, 15) is 19.7 Å². The highest BCUT2D eigenvalue weighted by molar-refractivity contribution is 6.00. The molecule has 8 heteroatoms. The fourth-order valence-electron chi connectivity index (χ4n) is 3.58. The minimum Gasteiger partial charge on any atom is -0.326 e. The van der Waals surface area contributed by atoms with E-state index >= 15 is 0 Å². The third kappa shape index (κ3) is 6.47. The molecule has 1 aliphatic carbocycles. The SMILES string of the molecule is CC(=NNC(=O)Cc1ccc([N+](=O)[O-])cc1)c1ccc(NC(=O)C2CCCCC2)cc1. The molecular formula is C23H26N4O4. The van der Waals surface area contributed by atoms with Crippen molar-refractivity contribution in [1.29, 1.82) is 0 Å². The lowest BCUT2D eigenvalue weighted by atomic mass is 9.88. The van der Waals surface area contributed by atoms with Crippen molar-refractivity contribution in [1.82, 2.24) is 5.43 Å². The standard InChI is InChI=1S/C23H26N4O4/c1-16(25-26-22(28)15-17-7-13-21(14-8-17)27(30)31)18-9-11-20(12-10-18)24-23(29)19-5-3-2-4-6-19/h7-14,19H,2-6,15H2,1H3,(H,24,29)(H,26,28). The van der Waals surface area contributed by atoms with Crippen LogP contribution in [0.4, 0.5) is 11.4 Å². The largest absolute Gasteiger partial charge is 0.326 e. The van der Waals surface area contributed by atoms with Crippen LogP contribution in [-0.4, -0.2) is 22.4 Å². The summed E-state index contributed by atoms with van der Waals surface area (Å²) in [5, 5.41) is 17.8. The summed E-state index contributed by atoms with van der Waals surface area (Å²) in [5.74, 6) is -0.136. The van der Waals surface area contributed by atoms with E-state index in [1.54, 1.807) is 19.1 Å². The molecule has 0 saturated heterocycles. The first-order valence-corrected chi connectivity index (χ1v) is 10.4. The van der Waals surface area contributed by atoms with Crippen molar-refractivity contribution in [3.63, 3.8) is 0 Å². The number of carbonyl (C=O) groups is 2. The lowest BCUT2D eigenvalue weighted by Crippen LogP contribution is -2.24. The van der Waals surface area contributed by atoms with Crippen molar-refractivity contribution in [3.05, 3.63) is 69.8 Å². The first kappa shape index (κ1) is 22.1. The Labute approximate surface area is 180 Å². The second kappa shape index (κ2) is 10.5. The summed E-state index contributed by atoms with van der Waals surface area (Å²) in [7, 11) is 0. The number of nitrogens with zero attached hydrogens (tertiary/aromatic N) is 2. The topological polar surface area (TPSA) is 114 Å². The number of nitrogens with one attached hydrogen (secondary N) is 2. The highest BCUT2D eigenvalue weighted by atomic mass is 16.6. The second-order valence-electron chi connectivity index (χ2n) is 7.73. The number of carbonyl (C=O) groups excluding carboxylic acids is 2. The Kier molecular flexibility index (Phi) is 7.48. The van der Waals surface area contributed by atoms with Crippen molar-refractivity contribution in [2.45, 2.75) is 45.4 Å². The summed E-state index contributed by atoms with van der Waals surface area (Å²) in [4.78, 5) is 34.6. The van der Waals surface area contributed by atoms with Gasteiger partial charge < -0.3 is 5.32 Å². The highest BCUT2D eigenvalue weighted by Crippen LogP contribution is 2.25. The predicted molar refractivity (Wildman–Crippen MR) is 119 cm³/mol. The Morgan fingerprint density at radius 1 is 1.03 bits per heavy atom. The van der Waals surface area contributed by atoms with Gasteiger partial charge >= 0.3 is 0 Å². The molecule has 1 fully saturated rings. The number of amides is 2. The molecule has 0 bridgehead atoms. The van der Waals surface area contributed by atoms with Crippen molar-refractivity contribution in [2.75, 3.05) is 5.32 Å². The summed E-state index contributed by atoms with van der Waals surface area (Å²) >= 11 is 0. The van der Waals surface area contributed by atoms with Gasteiger partial charge in [0, 0.05) is 23.7 Å². The van der Waals surface area contributed by atoms with Gasteiger partial charge in [-0.1, -0.05) is 43.5 Å². The Hall–Kier alpha value is -3.55. The molecule has 1 saturated carbocycles. The summed E-state index contributed by atoms with van der Waals surface area (Å²) in [5.41, 5.74) is 5.34. The molecule has 2 N–H and O–H groups in total. The van der Waals surface area contributed by atoms with Crippen LogP contribution in [0.3, 0.4) is 0 Å². The van der Waals surface area contributed by atoms with Gasteiger partial charge in [-0.3, -0.25) is 19.7 Å². The molecule has 2 amide bonds. The minimum atomic E-state index is -0.482. The number of rotatable bonds is 7. The highest BCUT2D eigenvalue weighted by Gasteiger charge is 2.21. The number of anilines is 1. The van der Waals surface area contributed by atoms with E-state index in [2.05, 4.69) is 15.8 Å². The number of benzene rings is 2. The van der Waals surface area contributed by atoms with E-state index in [4.69, 9.17) is 0 Å². The quantitative estimate of drug-likeness (QED) is 0.395. The number of hydrogen-bond donors (Lipinski definition) is 2. The lowest BCUT2D eigenvalue weighted by Gasteiger charge is -2.20. The van der Waals surface area contributed by atoms with Crippen LogP contribution >= 0.6 is 0 Å². The monoisotopic (exact) mass is 422 g/mol. The van der Waals surface area contributed by atoms with Crippen molar-refractivity contribution in [3.8, 4) is 0 Å². The molecule has 0 atom stereocenters. The van der Waals surface area contributed by atoms with Crippen molar-refractivity contribution >= 4 is 28.9 Å². The maximum atomic E-state index is 12.4. The lowest BCUT2D eigenvalue weighted by molar-refractivity contribution is -0.384. The molecule has 0 spiro atoms. The Bertz CT molecular complexity index is 962. The Morgan fingerprint density at radius 3 is 2.29 bits per heavy atom. The Morgan fingerprint density at radius 2 is 1.68 bits per heavy atom. The molecule has 31 heavy (non-hydrogen) atoms. The van der Waals surface area contributed by atoms with Crippen LogP contribution < -0.4 is 10.7 Å². The van der Waals surface area contributed by atoms with Crippen LogP contribution in [0.25, 0.3) is 0 Å². The number of hydrazone groups is 1. The zero-order chi connectivity index (χ0) is 22.2. The molecule has 2 aromatic rings. The zero-order valence-corrected chi connectivity index (χ0v) is 17.5. The summed E-state index contributed by atoms with van der Waals surface area (Å²) in [6.45, 7) is 1.78. The van der Waals surface area contributed by atoms with Gasteiger partial charge in [-0.25, -0.2) is 5.43 Å². The van der Waals surface area contributed by atoms with Crippen molar-refractivity contribution < 1.29 is 14.5 Å². The average molecular weight is 422 g/mol. The molecule has 0 heterocycles. The van der Waals surface area contributed by atoms with E-state index in [0.717, 1.165) is 36.9 Å². The fraction of sp³-hybridized carbons (Fsp3) is 0.348. The molecule has 162 valence electrons.